The Morgan fingerprint density at radius 1 is 0.523 bits per heavy atom. The largest absolute Gasteiger partial charge is 0.756 e. The number of aliphatic hydroxyl groups excluding tert-OH is 2. The molecule has 5 atom stereocenters. The number of nitrogens with two attached hydrogens (primary N) is 3. The second kappa shape index (κ2) is 31.7. The molecule has 0 aliphatic rings. The number of rotatable bonds is 27. The van der Waals surface area contributed by atoms with Gasteiger partial charge in [-0.05, 0) is 78.9 Å². The van der Waals surface area contributed by atoms with Crippen LogP contribution in [-0.4, -0.2) is 68.9 Å². The molecule has 0 rings (SSSR count). The van der Waals surface area contributed by atoms with Gasteiger partial charge in [-0.1, -0.05) is 38.5 Å². The molecule has 0 aliphatic heterocycles. The Hall–Kier alpha value is 0.130. The molecule has 0 saturated heterocycles. The summed E-state index contributed by atoms with van der Waals surface area (Å²) in [5.41, 5.74) is 15.9. The standard InChI is InChI=1S/2C8H20NO5P.C8H20NO4P/c2*1-8(10)14-15(11,12)13-7-5-3-2-4-6-9;1-2-12-14(10,11)13-8-6-4-3-5-7-9/h2*8,10H,2-7,9H2,1H3,(H,11,12);2-9H2,1H3,(H,10,11)/p-3. The smallest absolute Gasteiger partial charge is 0.270 e. The van der Waals surface area contributed by atoms with Crippen LogP contribution in [-0.2, 0) is 40.8 Å². The van der Waals surface area contributed by atoms with Crippen molar-refractivity contribution in [2.45, 2.75) is 110 Å². The van der Waals surface area contributed by atoms with E-state index in [2.05, 4.69) is 27.1 Å². The monoisotopic (exact) mass is 704 g/mol. The summed E-state index contributed by atoms with van der Waals surface area (Å²) in [5, 5.41) is 17.3. The minimum atomic E-state index is -4.33. The summed E-state index contributed by atoms with van der Waals surface area (Å²) in [6, 6.07) is 0. The maximum Gasteiger partial charge on any atom is 0.270 e. The van der Waals surface area contributed by atoms with E-state index >= 15 is 0 Å². The number of unbranched alkanes of at least 4 members (excludes halogenated alkanes) is 9. The fourth-order valence-electron chi connectivity index (χ4n) is 2.96. The third-order valence-corrected chi connectivity index (χ3v) is 8.09. The maximum absolute atomic E-state index is 10.9. The molecule has 44 heavy (non-hydrogen) atoms. The number of aliphatic hydroxyl groups is 2. The molecular formula is C24H57N3O14P3-3. The van der Waals surface area contributed by atoms with Crippen molar-refractivity contribution in [3.8, 4) is 0 Å². The van der Waals surface area contributed by atoms with Crippen molar-refractivity contribution in [1.82, 2.24) is 0 Å². The third kappa shape index (κ3) is 42.1. The van der Waals surface area contributed by atoms with E-state index in [1.807, 2.05) is 0 Å². The molecule has 17 nitrogen and oxygen atoms in total. The van der Waals surface area contributed by atoms with Crippen LogP contribution in [0.4, 0.5) is 0 Å². The van der Waals surface area contributed by atoms with E-state index in [9.17, 15) is 28.4 Å². The zero-order valence-electron chi connectivity index (χ0n) is 26.5. The van der Waals surface area contributed by atoms with E-state index in [4.69, 9.17) is 27.4 Å². The highest BCUT2D eigenvalue weighted by Gasteiger charge is 2.13. The topological polar surface area (TPSA) is 294 Å². The molecule has 0 spiro atoms. The molecular weight excluding hydrogens is 647 g/mol. The molecule has 270 valence electrons. The van der Waals surface area contributed by atoms with Gasteiger partial charge in [-0.15, -0.1) is 0 Å². The molecule has 0 radical (unpaired) electrons. The minimum absolute atomic E-state index is 0.0814. The number of hydrogen-bond donors (Lipinski definition) is 5. The number of phosphoric ester groups is 3. The van der Waals surface area contributed by atoms with Gasteiger partial charge >= 0.3 is 0 Å². The van der Waals surface area contributed by atoms with Gasteiger partial charge in [0.25, 0.3) is 23.5 Å². The Morgan fingerprint density at radius 3 is 1.05 bits per heavy atom. The second-order valence-electron chi connectivity index (χ2n) is 9.28. The molecule has 0 amide bonds. The fourth-order valence-corrected chi connectivity index (χ4v) is 5.28. The van der Waals surface area contributed by atoms with E-state index in [0.29, 0.717) is 32.5 Å². The summed E-state index contributed by atoms with van der Waals surface area (Å²) >= 11 is 0. The van der Waals surface area contributed by atoms with Gasteiger partial charge in [0.05, 0.1) is 26.4 Å². The normalized spacial score (nSPS) is 16.7. The molecule has 0 aromatic rings. The molecule has 0 saturated carbocycles. The summed E-state index contributed by atoms with van der Waals surface area (Å²) in [6.07, 6.45) is 7.68. The molecule has 20 heteroatoms. The Kier molecular flexibility index (Phi) is 35.0. The summed E-state index contributed by atoms with van der Waals surface area (Å²) in [5.74, 6) is 0. The zero-order valence-corrected chi connectivity index (χ0v) is 29.1. The van der Waals surface area contributed by atoms with Crippen LogP contribution in [0.2, 0.25) is 0 Å². The van der Waals surface area contributed by atoms with Crippen LogP contribution in [0.15, 0.2) is 0 Å². The van der Waals surface area contributed by atoms with Crippen molar-refractivity contribution in [1.29, 1.82) is 0 Å². The maximum atomic E-state index is 10.9. The molecule has 0 fully saturated rings. The first kappa shape index (κ1) is 48.5. The number of phosphoric acid groups is 3. The highest BCUT2D eigenvalue weighted by atomic mass is 31.2. The second-order valence-corrected chi connectivity index (χ2v) is 13.4. The van der Waals surface area contributed by atoms with E-state index in [0.717, 1.165) is 64.2 Å². The first-order valence-corrected chi connectivity index (χ1v) is 19.3. The number of hydrogen-bond acceptors (Lipinski definition) is 17. The molecule has 0 aromatic heterocycles. The highest BCUT2D eigenvalue weighted by Crippen LogP contribution is 2.40. The van der Waals surface area contributed by atoms with Gasteiger partial charge in [-0.3, -0.25) is 22.7 Å². The van der Waals surface area contributed by atoms with Gasteiger partial charge in [-0.25, -0.2) is 0 Å². The van der Waals surface area contributed by atoms with Gasteiger partial charge in [0.15, 0.2) is 12.6 Å². The van der Waals surface area contributed by atoms with Gasteiger partial charge in [0.1, 0.15) is 0 Å². The van der Waals surface area contributed by atoms with Crippen molar-refractivity contribution in [2.75, 3.05) is 46.1 Å². The predicted octanol–water partition coefficient (Wildman–Crippen LogP) is 1.72. The Labute approximate surface area is 262 Å². The molecule has 0 heterocycles. The molecule has 0 bridgehead atoms. The van der Waals surface area contributed by atoms with Crippen molar-refractivity contribution in [3.63, 3.8) is 0 Å². The fraction of sp³-hybridized carbons (Fsp3) is 1.00. The lowest BCUT2D eigenvalue weighted by Gasteiger charge is -2.23. The van der Waals surface area contributed by atoms with E-state index in [1.165, 1.54) is 13.8 Å². The Morgan fingerprint density at radius 2 is 0.795 bits per heavy atom. The quantitative estimate of drug-likeness (QED) is 0.0462. The Bertz CT molecular complexity index is 727. The van der Waals surface area contributed by atoms with E-state index in [-0.39, 0.29) is 26.4 Å². The van der Waals surface area contributed by atoms with Crippen LogP contribution in [0, 0.1) is 0 Å². The summed E-state index contributed by atoms with van der Waals surface area (Å²) < 4.78 is 59.1. The minimum Gasteiger partial charge on any atom is -0.756 e. The predicted molar refractivity (Wildman–Crippen MR) is 160 cm³/mol. The molecule has 8 N–H and O–H groups in total. The average Bonchev–Trinajstić information content (AvgIpc) is 2.89. The summed E-state index contributed by atoms with van der Waals surface area (Å²) in [7, 11) is -12.7. The summed E-state index contributed by atoms with van der Waals surface area (Å²) in [6.45, 7) is 6.47. The first-order valence-electron chi connectivity index (χ1n) is 14.9. The van der Waals surface area contributed by atoms with Gasteiger partial charge in [-0.2, -0.15) is 0 Å². The van der Waals surface area contributed by atoms with Crippen LogP contribution in [0.1, 0.15) is 97.8 Å². The average molecular weight is 705 g/mol. The highest BCUT2D eigenvalue weighted by molar-refractivity contribution is 7.46. The van der Waals surface area contributed by atoms with Crippen LogP contribution in [0.5, 0.6) is 0 Å². The SMILES string of the molecule is CC(O)OP(=O)([O-])OCCCCCCN.CC(O)OP(=O)([O-])OCCCCCCN.CCOP(=O)([O-])OCCCCCCN. The lowest BCUT2D eigenvalue weighted by Crippen LogP contribution is -2.14. The van der Waals surface area contributed by atoms with Crippen LogP contribution >= 0.6 is 23.5 Å². The first-order chi connectivity index (χ1) is 20.6. The van der Waals surface area contributed by atoms with Gasteiger partial charge in [0.2, 0.25) is 0 Å². The molecule has 0 aromatic carbocycles. The van der Waals surface area contributed by atoms with Crippen molar-refractivity contribution in [3.05, 3.63) is 0 Å². The summed E-state index contributed by atoms with van der Waals surface area (Å²) in [4.78, 5) is 32.7. The van der Waals surface area contributed by atoms with Crippen LogP contribution < -0.4 is 31.9 Å². The van der Waals surface area contributed by atoms with Crippen molar-refractivity contribution >= 4 is 23.5 Å². The zero-order chi connectivity index (χ0) is 34.3. The molecule has 5 unspecified atom stereocenters. The Balaban J connectivity index is -0.000000574. The lowest BCUT2D eigenvalue weighted by molar-refractivity contribution is -0.240. The van der Waals surface area contributed by atoms with E-state index < -0.39 is 36.0 Å². The lowest BCUT2D eigenvalue weighted by atomic mass is 10.2. The van der Waals surface area contributed by atoms with Gasteiger partial charge < -0.3 is 60.2 Å². The van der Waals surface area contributed by atoms with Gasteiger partial charge in [0, 0.05) is 0 Å². The van der Waals surface area contributed by atoms with Crippen molar-refractivity contribution < 1.29 is 65.7 Å². The third-order valence-electron chi connectivity index (χ3n) is 4.89. The molecule has 0 aliphatic carbocycles. The van der Waals surface area contributed by atoms with Crippen LogP contribution in [0.3, 0.4) is 0 Å². The van der Waals surface area contributed by atoms with Crippen LogP contribution in [0.25, 0.3) is 0 Å². The van der Waals surface area contributed by atoms with E-state index in [1.54, 1.807) is 6.92 Å². The van der Waals surface area contributed by atoms with Crippen molar-refractivity contribution in [2.24, 2.45) is 17.2 Å².